The summed E-state index contributed by atoms with van der Waals surface area (Å²) in [6.45, 7) is 2.03. The number of nitrogens with one attached hydrogen (secondary N) is 1. The van der Waals surface area contributed by atoms with Gasteiger partial charge in [0.1, 0.15) is 0 Å². The van der Waals surface area contributed by atoms with Gasteiger partial charge in [0.15, 0.2) is 5.69 Å². The van der Waals surface area contributed by atoms with E-state index in [1.807, 2.05) is 36.6 Å². The Labute approximate surface area is 196 Å². The Morgan fingerprint density at radius 1 is 1.03 bits per heavy atom. The van der Waals surface area contributed by atoms with Crippen LogP contribution in [0.3, 0.4) is 0 Å². The number of azo groups is 1. The first kappa shape index (κ1) is 20.7. The fourth-order valence-corrected chi connectivity index (χ4v) is 4.39. The Morgan fingerprint density at radius 3 is 2.48 bits per heavy atom. The fourth-order valence-electron chi connectivity index (χ4n) is 3.15. The number of benzene rings is 2. The predicted molar refractivity (Wildman–Crippen MR) is 129 cm³/mol. The highest BCUT2D eigenvalue weighted by Gasteiger charge is 2.19. The van der Waals surface area contributed by atoms with Crippen molar-refractivity contribution in [2.45, 2.75) is 6.92 Å². The molecule has 33 heavy (non-hydrogen) atoms. The van der Waals surface area contributed by atoms with Crippen LogP contribution in [0.1, 0.15) is 11.1 Å². The Bertz CT molecular complexity index is 1530. The number of hydrogen-bond acceptors (Lipinski definition) is 8. The van der Waals surface area contributed by atoms with Crippen molar-refractivity contribution >= 4 is 33.5 Å². The first-order valence-electron chi connectivity index (χ1n) is 9.82. The highest BCUT2D eigenvalue weighted by molar-refractivity contribution is 7.13. The molecular weight excluding hydrogens is 454 g/mol. The molecule has 160 valence electrons. The lowest BCUT2D eigenvalue weighted by molar-refractivity contribution is 0.843. The Hall–Kier alpha value is -4.20. The third-order valence-corrected chi connectivity index (χ3v) is 6.34. The molecule has 1 N–H and O–H groups in total. The molecule has 3 heterocycles. The minimum atomic E-state index is -0.375. The number of thiazole rings is 2. The molecule has 0 aliphatic rings. The van der Waals surface area contributed by atoms with Gasteiger partial charge >= 0.3 is 5.56 Å². The Morgan fingerprint density at radius 2 is 1.79 bits per heavy atom. The minimum Gasteiger partial charge on any atom is -0.286 e. The number of aryl methyl sites for hydroxylation is 1. The predicted octanol–water partition coefficient (Wildman–Crippen LogP) is 6.01. The van der Waals surface area contributed by atoms with Gasteiger partial charge in [0.25, 0.3) is 0 Å². The summed E-state index contributed by atoms with van der Waals surface area (Å²) in [5, 5.41) is 25.2. The van der Waals surface area contributed by atoms with E-state index >= 15 is 0 Å². The zero-order valence-electron chi connectivity index (χ0n) is 17.3. The molecule has 0 radical (unpaired) electrons. The summed E-state index contributed by atoms with van der Waals surface area (Å²) in [4.78, 5) is 22.1. The molecular formula is C23H15N7OS2. The van der Waals surface area contributed by atoms with E-state index in [0.29, 0.717) is 27.1 Å². The number of nitrogens with zero attached hydrogens (tertiary/aromatic N) is 6. The molecule has 5 aromatic rings. The molecule has 0 aliphatic carbocycles. The van der Waals surface area contributed by atoms with Crippen LogP contribution in [-0.4, -0.2) is 19.7 Å². The average Bonchev–Trinajstić information content (AvgIpc) is 3.59. The number of H-pyrrole nitrogens is 1. The van der Waals surface area contributed by atoms with E-state index in [2.05, 4.69) is 31.4 Å². The van der Waals surface area contributed by atoms with Crippen molar-refractivity contribution < 1.29 is 0 Å². The van der Waals surface area contributed by atoms with E-state index in [1.165, 1.54) is 27.4 Å². The van der Waals surface area contributed by atoms with Crippen molar-refractivity contribution in [3.63, 3.8) is 0 Å². The molecule has 0 saturated carbocycles. The van der Waals surface area contributed by atoms with Crippen molar-refractivity contribution in [1.82, 2.24) is 19.7 Å². The van der Waals surface area contributed by atoms with E-state index in [4.69, 9.17) is 5.26 Å². The molecule has 8 nitrogen and oxygen atoms in total. The molecule has 0 spiro atoms. The van der Waals surface area contributed by atoms with Crippen molar-refractivity contribution in [3.05, 3.63) is 87.0 Å². The standard InChI is InChI=1S/C23H15N7OS2/c1-14-2-6-16(7-3-14)18-13-33-23(26-18)30-21(31)20(27-28-22-25-10-11-32-22)19(29-30)17-8-4-15(12-24)5-9-17/h2-11,13,29H,1H3. The van der Waals surface area contributed by atoms with E-state index in [9.17, 15) is 4.79 Å². The van der Waals surface area contributed by atoms with Crippen LogP contribution in [0.15, 0.2) is 80.5 Å². The third-order valence-electron chi connectivity index (χ3n) is 4.85. The Balaban J connectivity index is 1.60. The minimum absolute atomic E-state index is 0.141. The smallest absolute Gasteiger partial charge is 0.286 e. The van der Waals surface area contributed by atoms with Crippen molar-refractivity contribution in [3.8, 4) is 33.7 Å². The molecule has 10 heteroatoms. The van der Waals surface area contributed by atoms with Gasteiger partial charge in [0.2, 0.25) is 10.3 Å². The van der Waals surface area contributed by atoms with Crippen LogP contribution in [0.4, 0.5) is 10.8 Å². The van der Waals surface area contributed by atoms with Gasteiger partial charge in [-0.2, -0.15) is 9.94 Å². The van der Waals surface area contributed by atoms with Gasteiger partial charge in [0, 0.05) is 28.1 Å². The van der Waals surface area contributed by atoms with Gasteiger partial charge < -0.3 is 0 Å². The van der Waals surface area contributed by atoms with Crippen LogP contribution in [0.25, 0.3) is 27.6 Å². The lowest BCUT2D eigenvalue weighted by atomic mass is 10.1. The summed E-state index contributed by atoms with van der Waals surface area (Å²) >= 11 is 2.67. The zero-order chi connectivity index (χ0) is 22.8. The molecule has 0 fully saturated rings. The van der Waals surface area contributed by atoms with E-state index in [0.717, 1.165) is 16.8 Å². The van der Waals surface area contributed by atoms with Gasteiger partial charge in [-0.25, -0.2) is 9.97 Å². The summed E-state index contributed by atoms with van der Waals surface area (Å²) in [7, 11) is 0. The van der Waals surface area contributed by atoms with Crippen molar-refractivity contribution in [2.75, 3.05) is 0 Å². The van der Waals surface area contributed by atoms with E-state index in [-0.39, 0.29) is 11.2 Å². The van der Waals surface area contributed by atoms with Crippen molar-refractivity contribution in [2.24, 2.45) is 10.2 Å². The molecule has 0 aliphatic heterocycles. The second kappa shape index (κ2) is 8.74. The molecule has 0 amide bonds. The fraction of sp³-hybridized carbons (Fsp3) is 0.0435. The zero-order valence-corrected chi connectivity index (χ0v) is 18.9. The highest BCUT2D eigenvalue weighted by Crippen LogP contribution is 2.30. The molecule has 0 saturated heterocycles. The van der Waals surface area contributed by atoms with Gasteiger partial charge in [-0.1, -0.05) is 42.0 Å². The third kappa shape index (κ3) is 4.15. The van der Waals surface area contributed by atoms with E-state index < -0.39 is 0 Å². The van der Waals surface area contributed by atoms with Gasteiger partial charge in [-0.05, 0) is 19.1 Å². The number of aromatic amines is 1. The molecule has 0 atom stereocenters. The normalized spacial score (nSPS) is 11.2. The topological polar surface area (TPSA) is 112 Å². The van der Waals surface area contributed by atoms with E-state index in [1.54, 1.807) is 35.8 Å². The van der Waals surface area contributed by atoms with Gasteiger partial charge in [0.05, 0.1) is 23.0 Å². The maximum atomic E-state index is 13.3. The summed E-state index contributed by atoms with van der Waals surface area (Å²) in [5.74, 6) is 0. The van der Waals surface area contributed by atoms with Crippen LogP contribution >= 0.6 is 22.7 Å². The van der Waals surface area contributed by atoms with Gasteiger partial charge in [-0.15, -0.1) is 32.9 Å². The van der Waals surface area contributed by atoms with Crippen LogP contribution in [-0.2, 0) is 0 Å². The van der Waals surface area contributed by atoms with Crippen LogP contribution < -0.4 is 5.56 Å². The van der Waals surface area contributed by atoms with Gasteiger partial charge in [-0.3, -0.25) is 9.89 Å². The Kier molecular flexibility index (Phi) is 5.48. The summed E-state index contributed by atoms with van der Waals surface area (Å²) in [5.41, 5.74) is 4.39. The number of nitriles is 1. The number of aromatic nitrogens is 4. The average molecular weight is 470 g/mol. The van der Waals surface area contributed by atoms with Crippen LogP contribution in [0.2, 0.25) is 0 Å². The lowest BCUT2D eigenvalue weighted by Crippen LogP contribution is -2.13. The summed E-state index contributed by atoms with van der Waals surface area (Å²) in [6.07, 6.45) is 1.62. The highest BCUT2D eigenvalue weighted by atomic mass is 32.1. The monoisotopic (exact) mass is 469 g/mol. The molecule has 0 unspecified atom stereocenters. The largest absolute Gasteiger partial charge is 0.301 e. The first-order chi connectivity index (χ1) is 16.1. The molecule has 2 aromatic carbocycles. The number of hydrogen-bond donors (Lipinski definition) is 1. The molecule has 3 aromatic heterocycles. The number of rotatable bonds is 5. The maximum Gasteiger partial charge on any atom is 0.301 e. The summed E-state index contributed by atoms with van der Waals surface area (Å²) in [6, 6.07) is 17.0. The quantitative estimate of drug-likeness (QED) is 0.318. The lowest BCUT2D eigenvalue weighted by Gasteiger charge is -2.00. The molecule has 5 rings (SSSR count). The second-order valence-corrected chi connectivity index (χ2v) is 8.77. The first-order valence-corrected chi connectivity index (χ1v) is 11.6. The van der Waals surface area contributed by atoms with Crippen LogP contribution in [0, 0.1) is 18.3 Å². The van der Waals surface area contributed by atoms with Crippen LogP contribution in [0.5, 0.6) is 0 Å². The second-order valence-electron chi connectivity index (χ2n) is 7.06. The molecule has 0 bridgehead atoms. The van der Waals surface area contributed by atoms with Crippen molar-refractivity contribution in [1.29, 1.82) is 5.26 Å². The SMILES string of the molecule is Cc1ccc(-c2csc(-n3[nH]c(-c4ccc(C#N)cc4)c(N=Nc4nccs4)c3=O)n2)cc1. The maximum absolute atomic E-state index is 13.3. The summed E-state index contributed by atoms with van der Waals surface area (Å²) < 4.78 is 1.37.